The number of hydrogen-bond acceptors (Lipinski definition) is 0. The highest BCUT2D eigenvalue weighted by Crippen LogP contribution is 2.46. The molecule has 0 saturated heterocycles. The molecule has 10 aromatic rings. The third-order valence-corrected chi connectivity index (χ3v) is 10.2. The van der Waals surface area contributed by atoms with E-state index in [1.807, 2.05) is 0 Å². The molecule has 0 bridgehead atoms. The van der Waals surface area contributed by atoms with Crippen molar-refractivity contribution in [2.75, 3.05) is 0 Å². The first-order valence-electron chi connectivity index (χ1n) is 16.7. The van der Waals surface area contributed by atoms with E-state index in [9.17, 15) is 0 Å². The van der Waals surface area contributed by atoms with E-state index in [1.165, 1.54) is 98.0 Å². The molecule has 0 N–H and O–H groups in total. The predicted molar refractivity (Wildman–Crippen MR) is 208 cm³/mol. The standard InChI is InChI=1S/C48H30/c1-3-15-37-32(12-1)14-11-23-41(37)48-44-21-9-7-19-42(44)47(43-20-8-10-22-45(43)48)35-27-25-31-24-26-34(28-36(31)29-35)46-30-33-13-2-4-16-38(33)39-17-5-6-18-40(39)46/h1-30H. The summed E-state index contributed by atoms with van der Waals surface area (Å²) in [4.78, 5) is 0. The van der Waals surface area contributed by atoms with E-state index in [0.29, 0.717) is 0 Å². The predicted octanol–water partition coefficient (Wildman–Crippen LogP) is 13.6. The van der Waals surface area contributed by atoms with E-state index in [2.05, 4.69) is 182 Å². The Morgan fingerprint density at radius 3 is 1.42 bits per heavy atom. The van der Waals surface area contributed by atoms with Crippen LogP contribution < -0.4 is 0 Å². The van der Waals surface area contributed by atoms with Crippen molar-refractivity contribution in [3.05, 3.63) is 182 Å². The lowest BCUT2D eigenvalue weighted by Crippen LogP contribution is -1.91. The monoisotopic (exact) mass is 606 g/mol. The first-order valence-corrected chi connectivity index (χ1v) is 16.7. The van der Waals surface area contributed by atoms with E-state index < -0.39 is 0 Å². The lowest BCUT2D eigenvalue weighted by molar-refractivity contribution is 1.67. The van der Waals surface area contributed by atoms with Crippen LogP contribution in [0.1, 0.15) is 0 Å². The SMILES string of the molecule is c1ccc2c(-c3c4ccccc4c(-c4ccc5ccc(-c6cc7ccccc7c7ccccc67)cc5c4)c4ccccc34)cccc2c1. The van der Waals surface area contributed by atoms with Gasteiger partial charge in [-0.25, -0.2) is 0 Å². The zero-order valence-corrected chi connectivity index (χ0v) is 26.3. The topological polar surface area (TPSA) is 0 Å². The zero-order valence-electron chi connectivity index (χ0n) is 26.3. The molecule has 48 heavy (non-hydrogen) atoms. The summed E-state index contributed by atoms with van der Waals surface area (Å²) >= 11 is 0. The first-order chi connectivity index (χ1) is 23.8. The molecule has 0 fully saturated rings. The average molecular weight is 607 g/mol. The van der Waals surface area contributed by atoms with E-state index in [4.69, 9.17) is 0 Å². The summed E-state index contributed by atoms with van der Waals surface area (Å²) in [7, 11) is 0. The number of rotatable bonds is 3. The molecule has 0 atom stereocenters. The molecule has 0 heterocycles. The van der Waals surface area contributed by atoms with Crippen molar-refractivity contribution in [3.8, 4) is 33.4 Å². The quantitative estimate of drug-likeness (QED) is 0.139. The molecule has 0 aromatic heterocycles. The molecular formula is C48H30. The molecule has 0 unspecified atom stereocenters. The van der Waals surface area contributed by atoms with Gasteiger partial charge >= 0.3 is 0 Å². The summed E-state index contributed by atoms with van der Waals surface area (Å²) in [5, 5.41) is 15.3. The summed E-state index contributed by atoms with van der Waals surface area (Å²) in [6.07, 6.45) is 0. The highest BCUT2D eigenvalue weighted by Gasteiger charge is 2.18. The second-order valence-electron chi connectivity index (χ2n) is 12.8. The Labute approximate surface area is 279 Å². The van der Waals surface area contributed by atoms with Crippen molar-refractivity contribution < 1.29 is 0 Å². The van der Waals surface area contributed by atoms with E-state index >= 15 is 0 Å². The maximum atomic E-state index is 2.40. The van der Waals surface area contributed by atoms with Crippen LogP contribution in [0.4, 0.5) is 0 Å². The van der Waals surface area contributed by atoms with Gasteiger partial charge in [0.15, 0.2) is 0 Å². The molecular weight excluding hydrogens is 577 g/mol. The van der Waals surface area contributed by atoms with Gasteiger partial charge in [-0.2, -0.15) is 0 Å². The fraction of sp³-hybridized carbons (Fsp3) is 0. The minimum atomic E-state index is 1.24. The van der Waals surface area contributed by atoms with Crippen molar-refractivity contribution in [2.45, 2.75) is 0 Å². The smallest absolute Gasteiger partial charge is 0.00201 e. The molecule has 0 radical (unpaired) electrons. The van der Waals surface area contributed by atoms with Crippen LogP contribution in [0.25, 0.3) is 98.0 Å². The first kappa shape index (κ1) is 26.9. The molecule has 0 spiro atoms. The van der Waals surface area contributed by atoms with Crippen LogP contribution in [0.3, 0.4) is 0 Å². The second kappa shape index (κ2) is 10.7. The Morgan fingerprint density at radius 1 is 0.208 bits per heavy atom. The van der Waals surface area contributed by atoms with Crippen LogP contribution in [-0.4, -0.2) is 0 Å². The van der Waals surface area contributed by atoms with Gasteiger partial charge in [0.1, 0.15) is 0 Å². The van der Waals surface area contributed by atoms with Crippen molar-refractivity contribution in [1.82, 2.24) is 0 Å². The molecule has 0 saturated carbocycles. The fourth-order valence-electron chi connectivity index (χ4n) is 8.04. The van der Waals surface area contributed by atoms with Crippen molar-refractivity contribution >= 4 is 64.6 Å². The average Bonchev–Trinajstić information content (AvgIpc) is 3.16. The summed E-state index contributed by atoms with van der Waals surface area (Å²) in [5.74, 6) is 0. The maximum absolute atomic E-state index is 2.40. The Kier molecular flexibility index (Phi) is 5.98. The molecule has 10 rings (SSSR count). The fourth-order valence-corrected chi connectivity index (χ4v) is 8.04. The van der Waals surface area contributed by atoms with Gasteiger partial charge in [0, 0.05) is 0 Å². The van der Waals surface area contributed by atoms with Crippen LogP contribution in [0.15, 0.2) is 182 Å². The molecule has 0 amide bonds. The summed E-state index contributed by atoms with van der Waals surface area (Å²) in [6, 6.07) is 67.1. The van der Waals surface area contributed by atoms with Gasteiger partial charge in [0.05, 0.1) is 0 Å². The third-order valence-electron chi connectivity index (χ3n) is 10.2. The summed E-state index contributed by atoms with van der Waals surface area (Å²) in [6.45, 7) is 0. The Morgan fingerprint density at radius 2 is 0.708 bits per heavy atom. The van der Waals surface area contributed by atoms with Gasteiger partial charge in [-0.15, -0.1) is 0 Å². The van der Waals surface area contributed by atoms with E-state index in [0.717, 1.165) is 0 Å². The highest BCUT2D eigenvalue weighted by atomic mass is 14.2. The maximum Gasteiger partial charge on any atom is -0.00201 e. The van der Waals surface area contributed by atoms with Crippen molar-refractivity contribution in [1.29, 1.82) is 0 Å². The lowest BCUT2D eigenvalue weighted by atomic mass is 9.84. The molecule has 222 valence electrons. The highest BCUT2D eigenvalue weighted by molar-refractivity contribution is 6.24. The van der Waals surface area contributed by atoms with Crippen LogP contribution in [-0.2, 0) is 0 Å². The van der Waals surface area contributed by atoms with Crippen LogP contribution in [0.5, 0.6) is 0 Å². The van der Waals surface area contributed by atoms with Gasteiger partial charge in [0.2, 0.25) is 0 Å². The number of fused-ring (bicyclic) bond motifs is 7. The Hall–Kier alpha value is -6.24. The van der Waals surface area contributed by atoms with Crippen molar-refractivity contribution in [3.63, 3.8) is 0 Å². The Balaban J connectivity index is 1.23. The van der Waals surface area contributed by atoms with Crippen LogP contribution >= 0.6 is 0 Å². The normalized spacial score (nSPS) is 11.8. The van der Waals surface area contributed by atoms with Gasteiger partial charge in [-0.1, -0.05) is 164 Å². The molecule has 0 aliphatic carbocycles. The minimum absolute atomic E-state index is 1.24. The molecule has 0 aliphatic rings. The number of hydrogen-bond donors (Lipinski definition) is 0. The minimum Gasteiger partial charge on any atom is -0.0616 e. The third kappa shape index (κ3) is 4.10. The zero-order chi connectivity index (χ0) is 31.6. The lowest BCUT2D eigenvalue weighted by Gasteiger charge is -2.19. The largest absolute Gasteiger partial charge is 0.0616 e. The van der Waals surface area contributed by atoms with Crippen LogP contribution in [0.2, 0.25) is 0 Å². The van der Waals surface area contributed by atoms with Gasteiger partial charge in [-0.05, 0) is 116 Å². The van der Waals surface area contributed by atoms with Gasteiger partial charge in [-0.3, -0.25) is 0 Å². The molecule has 0 nitrogen and oxygen atoms in total. The Bertz CT molecular complexity index is 2830. The number of benzene rings is 10. The second-order valence-corrected chi connectivity index (χ2v) is 12.8. The van der Waals surface area contributed by atoms with Gasteiger partial charge in [0.25, 0.3) is 0 Å². The van der Waals surface area contributed by atoms with E-state index in [1.54, 1.807) is 0 Å². The van der Waals surface area contributed by atoms with Crippen LogP contribution in [0, 0.1) is 0 Å². The summed E-state index contributed by atoms with van der Waals surface area (Å²) < 4.78 is 0. The molecule has 10 aromatic carbocycles. The van der Waals surface area contributed by atoms with E-state index in [-0.39, 0.29) is 0 Å². The summed E-state index contributed by atoms with van der Waals surface area (Å²) in [5.41, 5.74) is 7.61. The molecule has 0 aliphatic heterocycles. The van der Waals surface area contributed by atoms with Crippen molar-refractivity contribution in [2.24, 2.45) is 0 Å². The molecule has 0 heteroatoms. The van der Waals surface area contributed by atoms with Gasteiger partial charge < -0.3 is 0 Å².